The number of hydrogen-bond acceptors (Lipinski definition) is 4. The summed E-state index contributed by atoms with van der Waals surface area (Å²) < 4.78 is 32.9. The van der Waals surface area contributed by atoms with Gasteiger partial charge in [0.1, 0.15) is 10.6 Å². The largest absolute Gasteiger partial charge is 0.495 e. The Morgan fingerprint density at radius 1 is 1.24 bits per heavy atom. The maximum atomic E-state index is 12.6. The Morgan fingerprint density at radius 2 is 1.96 bits per heavy atom. The molecule has 1 unspecified atom stereocenters. The number of sulfonamides is 1. The number of aliphatic hydroxyl groups is 1. The number of aryl methyl sites for hydroxylation is 1. The van der Waals surface area contributed by atoms with Gasteiger partial charge >= 0.3 is 0 Å². The van der Waals surface area contributed by atoms with Gasteiger partial charge in [-0.2, -0.15) is 0 Å². The van der Waals surface area contributed by atoms with E-state index in [-0.39, 0.29) is 17.2 Å². The maximum Gasteiger partial charge on any atom is 0.244 e. The Morgan fingerprint density at radius 3 is 2.68 bits per heavy atom. The molecule has 0 aliphatic heterocycles. The van der Waals surface area contributed by atoms with Crippen molar-refractivity contribution in [3.8, 4) is 5.75 Å². The predicted molar refractivity (Wildman–Crippen MR) is 96.6 cm³/mol. The number of ether oxygens (including phenoxy) is 1. The Hall–Kier alpha value is -1.60. The van der Waals surface area contributed by atoms with Crippen molar-refractivity contribution in [2.45, 2.75) is 29.8 Å². The molecule has 134 valence electrons. The summed E-state index contributed by atoms with van der Waals surface area (Å²) in [4.78, 5) is -0.0395. The molecule has 0 bridgehead atoms. The average Bonchev–Trinajstić information content (AvgIpc) is 2.60. The van der Waals surface area contributed by atoms with Crippen LogP contribution < -0.4 is 9.46 Å². The van der Waals surface area contributed by atoms with Crippen LogP contribution >= 0.6 is 11.6 Å². The molecular weight excluding hydrogens is 362 g/mol. The van der Waals surface area contributed by atoms with Crippen LogP contribution in [0.15, 0.2) is 47.4 Å². The number of hydrogen-bond donors (Lipinski definition) is 2. The van der Waals surface area contributed by atoms with Crippen LogP contribution in [0, 0.1) is 0 Å². The van der Waals surface area contributed by atoms with Crippen LogP contribution in [0.5, 0.6) is 5.75 Å². The number of halogens is 1. The van der Waals surface area contributed by atoms with Gasteiger partial charge in [0.05, 0.1) is 12.7 Å². The molecule has 0 saturated heterocycles. The van der Waals surface area contributed by atoms with E-state index in [2.05, 4.69) is 4.72 Å². The van der Waals surface area contributed by atoms with Crippen LogP contribution in [0.25, 0.3) is 0 Å². The van der Waals surface area contributed by atoms with E-state index in [1.165, 1.54) is 24.8 Å². The minimum atomic E-state index is -3.86. The van der Waals surface area contributed by atoms with Gasteiger partial charge in [0, 0.05) is 18.0 Å². The van der Waals surface area contributed by atoms with Crippen molar-refractivity contribution in [1.82, 2.24) is 4.72 Å². The third kappa shape index (κ3) is 3.98. The molecule has 1 aliphatic rings. The van der Waals surface area contributed by atoms with E-state index < -0.39 is 15.6 Å². The third-order valence-electron chi connectivity index (χ3n) is 4.50. The summed E-state index contributed by atoms with van der Waals surface area (Å²) in [5, 5.41) is 11.1. The number of benzene rings is 2. The summed E-state index contributed by atoms with van der Waals surface area (Å²) in [7, 11) is -2.46. The van der Waals surface area contributed by atoms with Gasteiger partial charge in [0.2, 0.25) is 10.0 Å². The lowest BCUT2D eigenvalue weighted by molar-refractivity contribution is 0.0317. The minimum Gasteiger partial charge on any atom is -0.495 e. The number of nitrogens with one attached hydrogen (secondary N) is 1. The zero-order valence-electron chi connectivity index (χ0n) is 13.8. The van der Waals surface area contributed by atoms with Gasteiger partial charge in [0.15, 0.2) is 0 Å². The summed E-state index contributed by atoms with van der Waals surface area (Å²) in [6.07, 6.45) is 1.63. The summed E-state index contributed by atoms with van der Waals surface area (Å²) in [5.74, 6) is 0.206. The van der Waals surface area contributed by atoms with E-state index in [0.717, 1.165) is 12.0 Å². The number of methoxy groups -OCH3 is 1. The van der Waals surface area contributed by atoms with Gasteiger partial charge in [-0.3, -0.25) is 0 Å². The molecule has 0 aromatic heterocycles. The Labute approximate surface area is 152 Å². The molecule has 0 amide bonds. The molecule has 2 aromatic rings. The molecule has 0 heterocycles. The Balaban J connectivity index is 1.78. The first-order valence-electron chi connectivity index (χ1n) is 7.95. The average molecular weight is 382 g/mol. The van der Waals surface area contributed by atoms with Crippen molar-refractivity contribution in [2.75, 3.05) is 13.7 Å². The molecule has 0 spiro atoms. The highest BCUT2D eigenvalue weighted by atomic mass is 35.5. The van der Waals surface area contributed by atoms with E-state index >= 15 is 0 Å². The van der Waals surface area contributed by atoms with Crippen LogP contribution in [0.4, 0.5) is 0 Å². The molecule has 3 rings (SSSR count). The molecule has 5 nitrogen and oxygen atoms in total. The summed E-state index contributed by atoms with van der Waals surface area (Å²) in [6, 6.07) is 12.3. The lowest BCUT2D eigenvalue weighted by Gasteiger charge is -2.33. The van der Waals surface area contributed by atoms with Crippen molar-refractivity contribution in [1.29, 1.82) is 0 Å². The van der Waals surface area contributed by atoms with Crippen molar-refractivity contribution in [2.24, 2.45) is 0 Å². The summed E-state index contributed by atoms with van der Waals surface area (Å²) >= 11 is 5.92. The van der Waals surface area contributed by atoms with Gasteiger partial charge in [-0.15, -0.1) is 0 Å². The minimum absolute atomic E-state index is 0.0395. The molecule has 0 saturated carbocycles. The molecule has 0 fully saturated rings. The molecule has 1 aliphatic carbocycles. The zero-order chi connectivity index (χ0) is 18.1. The lowest BCUT2D eigenvalue weighted by atomic mass is 9.80. The Bertz CT molecular complexity index is 884. The lowest BCUT2D eigenvalue weighted by Crippen LogP contribution is -2.46. The predicted octanol–water partition coefficient (Wildman–Crippen LogP) is 2.55. The topological polar surface area (TPSA) is 75.6 Å². The molecule has 0 radical (unpaired) electrons. The standard InChI is InChI=1S/C18H20ClNO4S/c1-24-16-7-6-15(19)10-17(16)25(22,23)20-12-18(21)9-8-13-4-2-3-5-14(13)11-18/h2-7,10,20-21H,8-9,11-12H2,1H3. The molecule has 7 heteroatoms. The van der Waals surface area contributed by atoms with Crippen LogP contribution in [0.2, 0.25) is 5.02 Å². The van der Waals surface area contributed by atoms with Crippen LogP contribution in [0.3, 0.4) is 0 Å². The monoisotopic (exact) mass is 381 g/mol. The first kappa shape index (κ1) is 18.2. The smallest absolute Gasteiger partial charge is 0.244 e. The van der Waals surface area contributed by atoms with Gasteiger partial charge in [-0.05, 0) is 42.2 Å². The highest BCUT2D eigenvalue weighted by Crippen LogP contribution is 2.30. The first-order valence-corrected chi connectivity index (χ1v) is 9.81. The van der Waals surface area contributed by atoms with E-state index in [1.807, 2.05) is 24.3 Å². The Kier molecular flexibility index (Phi) is 5.06. The van der Waals surface area contributed by atoms with Gasteiger partial charge in [0.25, 0.3) is 0 Å². The maximum absolute atomic E-state index is 12.6. The fourth-order valence-electron chi connectivity index (χ4n) is 3.10. The van der Waals surface area contributed by atoms with Crippen molar-refractivity contribution in [3.05, 3.63) is 58.6 Å². The second-order valence-corrected chi connectivity index (χ2v) is 8.46. The summed E-state index contributed by atoms with van der Waals surface area (Å²) in [5.41, 5.74) is 1.13. The van der Waals surface area contributed by atoms with Gasteiger partial charge < -0.3 is 9.84 Å². The van der Waals surface area contributed by atoms with Crippen molar-refractivity contribution in [3.63, 3.8) is 0 Å². The molecular formula is C18H20ClNO4S. The zero-order valence-corrected chi connectivity index (χ0v) is 15.4. The fraction of sp³-hybridized carbons (Fsp3) is 0.333. The normalized spacial score (nSPS) is 20.1. The van der Waals surface area contributed by atoms with E-state index in [9.17, 15) is 13.5 Å². The highest BCUT2D eigenvalue weighted by Gasteiger charge is 2.34. The second kappa shape index (κ2) is 6.96. The summed E-state index contributed by atoms with van der Waals surface area (Å²) in [6.45, 7) is -0.0701. The van der Waals surface area contributed by atoms with Gasteiger partial charge in [-0.25, -0.2) is 13.1 Å². The molecule has 2 aromatic carbocycles. The molecule has 1 atom stereocenters. The first-order chi connectivity index (χ1) is 11.8. The fourth-order valence-corrected chi connectivity index (χ4v) is 4.65. The molecule has 2 N–H and O–H groups in total. The van der Waals surface area contributed by atoms with Gasteiger partial charge in [-0.1, -0.05) is 35.9 Å². The third-order valence-corrected chi connectivity index (χ3v) is 6.16. The van der Waals surface area contributed by atoms with E-state index in [1.54, 1.807) is 6.07 Å². The van der Waals surface area contributed by atoms with Crippen molar-refractivity contribution < 1.29 is 18.3 Å². The van der Waals surface area contributed by atoms with Crippen LogP contribution in [0.1, 0.15) is 17.5 Å². The van der Waals surface area contributed by atoms with Crippen LogP contribution in [-0.2, 0) is 22.9 Å². The second-order valence-electron chi connectivity index (χ2n) is 6.29. The SMILES string of the molecule is COc1ccc(Cl)cc1S(=O)(=O)NCC1(O)CCc2ccccc2C1. The molecule has 25 heavy (non-hydrogen) atoms. The van der Waals surface area contributed by atoms with Crippen LogP contribution in [-0.4, -0.2) is 32.8 Å². The van der Waals surface area contributed by atoms with E-state index in [0.29, 0.717) is 17.9 Å². The number of rotatable bonds is 5. The highest BCUT2D eigenvalue weighted by molar-refractivity contribution is 7.89. The van der Waals surface area contributed by atoms with E-state index in [4.69, 9.17) is 16.3 Å². The van der Waals surface area contributed by atoms with Crippen molar-refractivity contribution >= 4 is 21.6 Å². The number of fused-ring (bicyclic) bond motifs is 1. The quantitative estimate of drug-likeness (QED) is 0.834.